The SMILES string of the molecule is CC1=C(C)[C](C)([Rh]([CH]=O)[CH]=O)C(C)=C1C. The van der Waals surface area contributed by atoms with E-state index in [1.54, 1.807) is 0 Å². The molecule has 1 rings (SSSR count). The Morgan fingerprint density at radius 2 is 1.27 bits per heavy atom. The van der Waals surface area contributed by atoms with E-state index in [9.17, 15) is 9.59 Å². The van der Waals surface area contributed by atoms with Crippen molar-refractivity contribution in [2.24, 2.45) is 0 Å². The van der Waals surface area contributed by atoms with Gasteiger partial charge in [0.2, 0.25) is 0 Å². The molecule has 2 nitrogen and oxygen atoms in total. The molecule has 0 saturated carbocycles. The van der Waals surface area contributed by atoms with Gasteiger partial charge in [-0.3, -0.25) is 0 Å². The van der Waals surface area contributed by atoms with Crippen LogP contribution in [0.1, 0.15) is 34.6 Å². The Bertz CT molecular complexity index is 345. The van der Waals surface area contributed by atoms with Crippen molar-refractivity contribution in [2.45, 2.75) is 38.6 Å². The van der Waals surface area contributed by atoms with Gasteiger partial charge in [0.1, 0.15) is 0 Å². The second kappa shape index (κ2) is 4.13. The van der Waals surface area contributed by atoms with Gasteiger partial charge in [-0.15, -0.1) is 0 Å². The van der Waals surface area contributed by atoms with Gasteiger partial charge in [-0.25, -0.2) is 0 Å². The Morgan fingerprint density at radius 3 is 1.53 bits per heavy atom. The summed E-state index contributed by atoms with van der Waals surface area (Å²) in [6.45, 7) is 10.3. The van der Waals surface area contributed by atoms with Crippen LogP contribution < -0.4 is 0 Å². The zero-order chi connectivity index (χ0) is 11.8. The molecule has 0 spiro atoms. The van der Waals surface area contributed by atoms with E-state index in [0.29, 0.717) is 0 Å². The molecule has 0 fully saturated rings. The van der Waals surface area contributed by atoms with E-state index >= 15 is 0 Å². The van der Waals surface area contributed by atoms with E-state index in [0.717, 1.165) is 9.76 Å². The zero-order valence-corrected chi connectivity index (χ0v) is 11.4. The predicted octanol–water partition coefficient (Wildman–Crippen LogP) is 2.85. The minimum atomic E-state index is -1.94. The Morgan fingerprint density at radius 1 is 0.933 bits per heavy atom. The van der Waals surface area contributed by atoms with E-state index in [-0.39, 0.29) is 4.01 Å². The molecule has 0 saturated heterocycles. The van der Waals surface area contributed by atoms with Crippen molar-refractivity contribution in [3.05, 3.63) is 22.3 Å². The molecule has 0 aromatic heterocycles. The molecule has 0 unspecified atom stereocenters. The van der Waals surface area contributed by atoms with Gasteiger partial charge in [-0.2, -0.15) is 0 Å². The van der Waals surface area contributed by atoms with Crippen LogP contribution >= 0.6 is 0 Å². The van der Waals surface area contributed by atoms with E-state index in [2.05, 4.69) is 13.8 Å². The van der Waals surface area contributed by atoms with E-state index in [4.69, 9.17) is 0 Å². The molecule has 0 aromatic rings. The van der Waals surface area contributed by atoms with Crippen molar-refractivity contribution in [2.75, 3.05) is 0 Å². The number of carbonyl (C=O) groups is 2. The van der Waals surface area contributed by atoms with Crippen molar-refractivity contribution >= 4 is 9.76 Å². The topological polar surface area (TPSA) is 34.1 Å². The fourth-order valence-corrected chi connectivity index (χ4v) is 4.89. The van der Waals surface area contributed by atoms with Crippen molar-refractivity contribution < 1.29 is 25.5 Å². The van der Waals surface area contributed by atoms with E-state index in [1.807, 2.05) is 20.8 Å². The molecule has 0 radical (unpaired) electrons. The molecule has 0 amide bonds. The molecular weight excluding hydrogens is 279 g/mol. The van der Waals surface area contributed by atoms with Crippen LogP contribution in [0.3, 0.4) is 0 Å². The third-order valence-corrected chi connectivity index (χ3v) is 7.57. The van der Waals surface area contributed by atoms with E-state index < -0.39 is 16.0 Å². The third kappa shape index (κ3) is 1.57. The molecule has 0 N–H and O–H groups in total. The van der Waals surface area contributed by atoms with E-state index in [1.165, 1.54) is 22.3 Å². The minimum absolute atomic E-state index is 0.275. The Labute approximate surface area is 96.3 Å². The first-order chi connectivity index (χ1) is 6.91. The number of carbonyl (C=O) groups excluding carboxylic acids is 2. The van der Waals surface area contributed by atoms with Crippen molar-refractivity contribution in [3.8, 4) is 0 Å². The Kier molecular flexibility index (Phi) is 3.45. The second-order valence-electron chi connectivity index (χ2n) is 3.92. The van der Waals surface area contributed by atoms with Crippen LogP contribution in [0.4, 0.5) is 0 Å². The van der Waals surface area contributed by atoms with Gasteiger partial charge >= 0.3 is 96.2 Å². The van der Waals surface area contributed by atoms with Gasteiger partial charge < -0.3 is 0 Å². The van der Waals surface area contributed by atoms with Gasteiger partial charge in [-0.1, -0.05) is 0 Å². The number of hydrogen-bond donors (Lipinski definition) is 0. The summed E-state index contributed by atoms with van der Waals surface area (Å²) in [6, 6.07) is 0. The van der Waals surface area contributed by atoms with Crippen LogP contribution in [0.5, 0.6) is 0 Å². The normalized spacial score (nSPS) is 20.7. The molecule has 0 heterocycles. The molecule has 1 aliphatic rings. The molecule has 15 heavy (non-hydrogen) atoms. The Hall–Kier alpha value is -0.557. The Balaban J connectivity index is 3.38. The van der Waals surface area contributed by atoms with Crippen LogP contribution in [0.15, 0.2) is 22.3 Å². The molecule has 1 aliphatic carbocycles. The van der Waals surface area contributed by atoms with Crippen molar-refractivity contribution in [3.63, 3.8) is 0 Å². The summed E-state index contributed by atoms with van der Waals surface area (Å²) in [5.74, 6) is 0. The predicted molar refractivity (Wildman–Crippen MR) is 58.6 cm³/mol. The first kappa shape index (κ1) is 12.5. The maximum atomic E-state index is 11.0. The van der Waals surface area contributed by atoms with Crippen LogP contribution in [0.25, 0.3) is 0 Å². The van der Waals surface area contributed by atoms with Crippen LogP contribution in [0.2, 0.25) is 4.01 Å². The van der Waals surface area contributed by atoms with Crippen molar-refractivity contribution in [1.82, 2.24) is 0 Å². The van der Waals surface area contributed by atoms with Crippen LogP contribution in [-0.4, -0.2) is 9.76 Å². The molecule has 0 atom stereocenters. The standard InChI is InChI=1S/C10H15.2CHO.Rh/c1-6-7(2)9(4)10(5)8(6)3;2*1-2;/h1-5H3;2*1H;. The summed E-state index contributed by atoms with van der Waals surface area (Å²) in [4.78, 5) is 23.8. The summed E-state index contributed by atoms with van der Waals surface area (Å²) < 4.78 is -0.275. The molecule has 86 valence electrons. The van der Waals surface area contributed by atoms with Crippen molar-refractivity contribution in [1.29, 1.82) is 0 Å². The fraction of sp³-hybridized carbons (Fsp3) is 0.500. The number of hydrogen-bond acceptors (Lipinski definition) is 2. The molecular formula is C12H17O2Rh. The molecule has 3 heteroatoms. The summed E-state index contributed by atoms with van der Waals surface area (Å²) in [6.07, 6.45) is 0. The average molecular weight is 296 g/mol. The first-order valence-corrected chi connectivity index (χ1v) is 7.48. The molecule has 0 bridgehead atoms. The first-order valence-electron chi connectivity index (χ1n) is 4.77. The summed E-state index contributed by atoms with van der Waals surface area (Å²) in [7, 11) is 0. The van der Waals surface area contributed by atoms with Gasteiger partial charge in [0.15, 0.2) is 0 Å². The average Bonchev–Trinajstić information content (AvgIpc) is 2.37. The number of rotatable bonds is 3. The van der Waals surface area contributed by atoms with Gasteiger partial charge in [-0.05, 0) is 0 Å². The number of allylic oxidation sites excluding steroid dienone is 4. The van der Waals surface area contributed by atoms with Gasteiger partial charge in [0.25, 0.3) is 0 Å². The third-order valence-electron chi connectivity index (χ3n) is 3.62. The molecule has 0 aromatic carbocycles. The second-order valence-corrected chi connectivity index (χ2v) is 7.82. The zero-order valence-electron chi connectivity index (χ0n) is 9.80. The van der Waals surface area contributed by atoms with Crippen LogP contribution in [-0.2, 0) is 25.5 Å². The monoisotopic (exact) mass is 296 g/mol. The summed E-state index contributed by atoms with van der Waals surface area (Å²) >= 11 is -1.94. The fourth-order valence-electron chi connectivity index (χ4n) is 2.00. The molecule has 0 aliphatic heterocycles. The summed E-state index contributed by atoms with van der Waals surface area (Å²) in [5, 5.41) is 0. The van der Waals surface area contributed by atoms with Gasteiger partial charge in [0.05, 0.1) is 0 Å². The van der Waals surface area contributed by atoms with Crippen LogP contribution in [0, 0.1) is 0 Å². The quantitative estimate of drug-likeness (QED) is 0.593. The maximum absolute atomic E-state index is 11.0. The van der Waals surface area contributed by atoms with Gasteiger partial charge in [0, 0.05) is 0 Å². The summed E-state index contributed by atoms with van der Waals surface area (Å²) in [5.41, 5.74) is 4.89.